The Balaban J connectivity index is 2.08. The molecule has 0 heterocycles. The Hall–Kier alpha value is -3.07. The maximum Gasteiger partial charge on any atom is 0.264 e. The Kier molecular flexibility index (Phi) is 9.37. The van der Waals surface area contributed by atoms with E-state index in [1.807, 2.05) is 30.3 Å². The highest BCUT2D eigenvalue weighted by molar-refractivity contribution is 7.92. The topological polar surface area (TPSA) is 86.8 Å². The van der Waals surface area contributed by atoms with Gasteiger partial charge in [-0.2, -0.15) is 0 Å². The summed E-state index contributed by atoms with van der Waals surface area (Å²) in [5.74, 6) is -0.912. The van der Waals surface area contributed by atoms with E-state index in [0.717, 1.165) is 9.87 Å². The molecule has 0 aliphatic rings. The van der Waals surface area contributed by atoms with Crippen molar-refractivity contribution in [3.05, 3.63) is 94.5 Å². The van der Waals surface area contributed by atoms with Gasteiger partial charge in [0, 0.05) is 18.6 Å². The fourth-order valence-corrected chi connectivity index (χ4v) is 5.66. The van der Waals surface area contributed by atoms with Crippen molar-refractivity contribution in [2.75, 3.05) is 17.9 Å². The summed E-state index contributed by atoms with van der Waals surface area (Å²) < 4.78 is 28.4. The van der Waals surface area contributed by atoms with Gasteiger partial charge in [0.2, 0.25) is 11.8 Å². The third kappa shape index (κ3) is 6.37. The van der Waals surface area contributed by atoms with Crippen LogP contribution in [0.3, 0.4) is 0 Å². The lowest BCUT2D eigenvalue weighted by Crippen LogP contribution is -2.51. The molecular weight excluding hydrogens is 521 g/mol. The van der Waals surface area contributed by atoms with E-state index < -0.39 is 28.5 Å². The van der Waals surface area contributed by atoms with Crippen molar-refractivity contribution in [3.8, 4) is 0 Å². The van der Waals surface area contributed by atoms with Crippen molar-refractivity contribution in [2.45, 2.75) is 30.8 Å². The van der Waals surface area contributed by atoms with Gasteiger partial charge >= 0.3 is 0 Å². The Bertz CT molecular complexity index is 1310. The maximum atomic E-state index is 13.8. The van der Waals surface area contributed by atoms with E-state index in [2.05, 4.69) is 5.32 Å². The lowest BCUT2D eigenvalue weighted by molar-refractivity contribution is -0.140. The molecule has 2 amide bonds. The van der Waals surface area contributed by atoms with Gasteiger partial charge in [0.25, 0.3) is 10.0 Å². The molecule has 3 aromatic carbocycles. The number of sulfonamides is 1. The van der Waals surface area contributed by atoms with Gasteiger partial charge in [-0.3, -0.25) is 13.9 Å². The third-order valence-corrected chi connectivity index (χ3v) is 7.94. The first-order valence-corrected chi connectivity index (χ1v) is 13.5. The Morgan fingerprint density at radius 2 is 1.56 bits per heavy atom. The van der Waals surface area contributed by atoms with Gasteiger partial charge in [-0.15, -0.1) is 0 Å². The normalized spacial score (nSPS) is 12.0. The number of rotatable bonds is 10. The molecule has 36 heavy (non-hydrogen) atoms. The molecule has 190 valence electrons. The molecule has 0 fully saturated rings. The molecule has 0 saturated heterocycles. The number of nitrogens with zero attached hydrogens (tertiary/aromatic N) is 2. The maximum absolute atomic E-state index is 13.8. The molecule has 0 unspecified atom stereocenters. The minimum atomic E-state index is -4.21. The second kappa shape index (κ2) is 12.3. The average Bonchev–Trinajstić information content (AvgIpc) is 2.89. The van der Waals surface area contributed by atoms with Crippen LogP contribution in [0.5, 0.6) is 0 Å². The molecule has 0 aliphatic heterocycles. The van der Waals surface area contributed by atoms with Gasteiger partial charge in [0.15, 0.2) is 0 Å². The second-order valence-electron chi connectivity index (χ2n) is 7.97. The number of hydrogen-bond acceptors (Lipinski definition) is 4. The Morgan fingerprint density at radius 3 is 2.14 bits per heavy atom. The van der Waals surface area contributed by atoms with Crippen LogP contribution in [0.2, 0.25) is 10.0 Å². The molecular formula is C26H27Cl2N3O4S. The monoisotopic (exact) mass is 547 g/mol. The largest absolute Gasteiger partial charge is 0.357 e. The van der Waals surface area contributed by atoms with E-state index in [-0.39, 0.29) is 33.1 Å². The van der Waals surface area contributed by atoms with Crippen LogP contribution in [0.1, 0.15) is 18.9 Å². The van der Waals surface area contributed by atoms with E-state index >= 15 is 0 Å². The van der Waals surface area contributed by atoms with Crippen LogP contribution in [0.4, 0.5) is 5.69 Å². The number of carbonyl (C=O) groups is 2. The quantitative estimate of drug-likeness (QED) is 0.397. The van der Waals surface area contributed by atoms with E-state index in [4.69, 9.17) is 23.2 Å². The number of benzene rings is 3. The van der Waals surface area contributed by atoms with E-state index in [9.17, 15) is 18.0 Å². The Morgan fingerprint density at radius 1 is 0.944 bits per heavy atom. The summed E-state index contributed by atoms with van der Waals surface area (Å²) in [6.07, 6.45) is 0.335. The summed E-state index contributed by atoms with van der Waals surface area (Å²) in [5.41, 5.74) is 0.862. The highest BCUT2D eigenvalue weighted by Crippen LogP contribution is 2.33. The summed E-state index contributed by atoms with van der Waals surface area (Å²) in [4.78, 5) is 27.8. The van der Waals surface area contributed by atoms with Crippen LogP contribution in [0.25, 0.3) is 0 Å². The van der Waals surface area contributed by atoms with E-state index in [0.29, 0.717) is 6.42 Å². The number of carbonyl (C=O) groups excluding carboxylic acids is 2. The minimum absolute atomic E-state index is 0.0122. The molecule has 0 spiro atoms. The molecule has 0 bridgehead atoms. The molecule has 0 radical (unpaired) electrons. The van der Waals surface area contributed by atoms with Crippen molar-refractivity contribution in [1.29, 1.82) is 0 Å². The zero-order chi connectivity index (χ0) is 26.3. The summed E-state index contributed by atoms with van der Waals surface area (Å²) >= 11 is 12.6. The van der Waals surface area contributed by atoms with Crippen molar-refractivity contribution in [2.24, 2.45) is 0 Å². The molecule has 1 atom stereocenters. The SMILES string of the molecule is CC[C@@H](C(=O)NC)N(Cc1ccccc1)C(=O)CN(c1cc(Cl)ccc1Cl)S(=O)(=O)c1ccccc1. The average molecular weight is 548 g/mol. The van der Waals surface area contributed by atoms with Crippen molar-refractivity contribution in [3.63, 3.8) is 0 Å². The summed E-state index contributed by atoms with van der Waals surface area (Å²) in [5, 5.41) is 2.96. The van der Waals surface area contributed by atoms with E-state index in [1.165, 1.54) is 42.3 Å². The van der Waals surface area contributed by atoms with Gasteiger partial charge in [0.1, 0.15) is 12.6 Å². The summed E-state index contributed by atoms with van der Waals surface area (Å²) in [7, 11) is -2.72. The fraction of sp³-hybridized carbons (Fsp3) is 0.231. The van der Waals surface area contributed by atoms with Crippen LogP contribution in [-0.2, 0) is 26.2 Å². The second-order valence-corrected chi connectivity index (χ2v) is 10.7. The highest BCUT2D eigenvalue weighted by Gasteiger charge is 2.34. The third-order valence-electron chi connectivity index (χ3n) is 5.62. The Labute approximate surface area is 221 Å². The van der Waals surface area contributed by atoms with Gasteiger partial charge in [-0.05, 0) is 42.3 Å². The van der Waals surface area contributed by atoms with Crippen LogP contribution in [0, 0.1) is 0 Å². The van der Waals surface area contributed by atoms with Gasteiger partial charge in [-0.1, -0.05) is 78.7 Å². The van der Waals surface area contributed by atoms with Crippen molar-refractivity contribution < 1.29 is 18.0 Å². The standard InChI is InChI=1S/C26H27Cl2N3O4S/c1-3-23(26(33)29-2)30(17-19-10-6-4-7-11-19)25(32)18-31(24-16-20(27)14-15-22(24)28)36(34,35)21-12-8-5-9-13-21/h4-16,23H,3,17-18H2,1-2H3,(H,29,33)/t23-/m0/s1. The number of amides is 2. The first-order valence-electron chi connectivity index (χ1n) is 11.3. The molecule has 0 aromatic heterocycles. The molecule has 0 saturated carbocycles. The highest BCUT2D eigenvalue weighted by atomic mass is 35.5. The lowest BCUT2D eigenvalue weighted by atomic mass is 10.1. The van der Waals surface area contributed by atoms with Gasteiger partial charge in [0.05, 0.1) is 15.6 Å². The number of halogens is 2. The smallest absolute Gasteiger partial charge is 0.264 e. The molecule has 3 aromatic rings. The molecule has 7 nitrogen and oxygen atoms in total. The predicted octanol–water partition coefficient (Wildman–Crippen LogP) is 4.74. The number of hydrogen-bond donors (Lipinski definition) is 1. The van der Waals surface area contributed by atoms with Gasteiger partial charge in [-0.25, -0.2) is 8.42 Å². The van der Waals surface area contributed by atoms with Gasteiger partial charge < -0.3 is 10.2 Å². The first kappa shape index (κ1) is 27.5. The van der Waals surface area contributed by atoms with Crippen LogP contribution in [0.15, 0.2) is 83.8 Å². The van der Waals surface area contributed by atoms with Crippen LogP contribution in [-0.4, -0.2) is 44.8 Å². The lowest BCUT2D eigenvalue weighted by Gasteiger charge is -2.33. The molecule has 1 N–H and O–H groups in total. The predicted molar refractivity (Wildman–Crippen MR) is 143 cm³/mol. The fourth-order valence-electron chi connectivity index (χ4n) is 3.78. The first-order chi connectivity index (χ1) is 17.2. The van der Waals surface area contributed by atoms with Crippen molar-refractivity contribution >= 4 is 50.7 Å². The van der Waals surface area contributed by atoms with Crippen molar-refractivity contribution in [1.82, 2.24) is 10.2 Å². The minimum Gasteiger partial charge on any atom is -0.357 e. The summed E-state index contributed by atoms with van der Waals surface area (Å²) in [6, 6.07) is 20.5. The number of nitrogens with one attached hydrogen (secondary N) is 1. The number of anilines is 1. The summed E-state index contributed by atoms with van der Waals surface area (Å²) in [6.45, 7) is 1.32. The van der Waals surface area contributed by atoms with Crippen LogP contribution >= 0.6 is 23.2 Å². The molecule has 10 heteroatoms. The molecule has 0 aliphatic carbocycles. The molecule has 3 rings (SSSR count). The van der Waals surface area contributed by atoms with E-state index in [1.54, 1.807) is 25.1 Å². The van der Waals surface area contributed by atoms with Crippen LogP contribution < -0.4 is 9.62 Å². The number of likely N-dealkylation sites (N-methyl/N-ethyl adjacent to an activating group) is 1. The zero-order valence-electron chi connectivity index (χ0n) is 19.9. The zero-order valence-corrected chi connectivity index (χ0v) is 22.2.